The van der Waals surface area contributed by atoms with Gasteiger partial charge in [0.05, 0.1) is 12.6 Å². The van der Waals surface area contributed by atoms with Crippen molar-refractivity contribution < 1.29 is 9.59 Å². The standard InChI is InChI=1S/C17H31N3O2/c1-11(2)16(18)17(22)19-10-15(21)20(14-8-9-14)13-6-4-12(3)5-7-13/h11-14,16H,4-10,18H2,1-3H3,(H,19,22)/t12?,13?,16-/m0/s1. The molecule has 0 heterocycles. The first-order chi connectivity index (χ1) is 10.4. The number of hydrogen-bond acceptors (Lipinski definition) is 3. The van der Waals surface area contributed by atoms with Gasteiger partial charge in [0.15, 0.2) is 0 Å². The number of carbonyl (C=O) groups is 2. The Morgan fingerprint density at radius 3 is 2.05 bits per heavy atom. The molecule has 0 saturated heterocycles. The smallest absolute Gasteiger partial charge is 0.242 e. The minimum absolute atomic E-state index is 0.0614. The Labute approximate surface area is 134 Å². The minimum Gasteiger partial charge on any atom is -0.346 e. The number of carbonyl (C=O) groups excluding carboxylic acids is 2. The van der Waals surface area contributed by atoms with E-state index in [4.69, 9.17) is 5.73 Å². The summed E-state index contributed by atoms with van der Waals surface area (Å²) in [6.07, 6.45) is 6.82. The molecule has 2 aliphatic carbocycles. The summed E-state index contributed by atoms with van der Waals surface area (Å²) in [5.41, 5.74) is 5.82. The normalized spacial score (nSPS) is 26.6. The third-order valence-corrected chi connectivity index (χ3v) is 5.04. The lowest BCUT2D eigenvalue weighted by Crippen LogP contribution is -2.51. The summed E-state index contributed by atoms with van der Waals surface area (Å²) in [6.45, 7) is 6.19. The van der Waals surface area contributed by atoms with Gasteiger partial charge in [-0.05, 0) is 50.4 Å². The van der Waals surface area contributed by atoms with Gasteiger partial charge in [-0.15, -0.1) is 0 Å². The van der Waals surface area contributed by atoms with Crippen LogP contribution in [0.2, 0.25) is 0 Å². The van der Waals surface area contributed by atoms with E-state index in [1.54, 1.807) is 0 Å². The van der Waals surface area contributed by atoms with Gasteiger partial charge in [-0.1, -0.05) is 20.8 Å². The summed E-state index contributed by atoms with van der Waals surface area (Å²) >= 11 is 0. The van der Waals surface area contributed by atoms with Gasteiger partial charge in [0, 0.05) is 12.1 Å². The predicted molar refractivity (Wildman–Crippen MR) is 87.1 cm³/mol. The van der Waals surface area contributed by atoms with Crippen LogP contribution in [0, 0.1) is 11.8 Å². The zero-order chi connectivity index (χ0) is 16.3. The monoisotopic (exact) mass is 309 g/mol. The topological polar surface area (TPSA) is 75.4 Å². The van der Waals surface area contributed by atoms with Crippen molar-refractivity contribution >= 4 is 11.8 Å². The first-order valence-corrected chi connectivity index (χ1v) is 8.74. The zero-order valence-electron chi connectivity index (χ0n) is 14.2. The highest BCUT2D eigenvalue weighted by Crippen LogP contribution is 2.35. The maximum Gasteiger partial charge on any atom is 0.242 e. The van der Waals surface area contributed by atoms with E-state index >= 15 is 0 Å². The van der Waals surface area contributed by atoms with Crippen molar-refractivity contribution in [1.82, 2.24) is 10.2 Å². The first-order valence-electron chi connectivity index (χ1n) is 8.74. The number of rotatable bonds is 6. The van der Waals surface area contributed by atoms with Crippen LogP contribution in [0.4, 0.5) is 0 Å². The lowest BCUT2D eigenvalue weighted by molar-refractivity contribution is -0.136. The molecule has 0 bridgehead atoms. The first kappa shape index (κ1) is 17.3. The Bertz CT molecular complexity index is 399. The fraction of sp³-hybridized carbons (Fsp3) is 0.882. The number of amides is 2. The van der Waals surface area contributed by atoms with E-state index < -0.39 is 6.04 Å². The Kier molecular flexibility index (Phi) is 5.84. The van der Waals surface area contributed by atoms with Crippen LogP contribution in [-0.4, -0.2) is 41.4 Å². The molecule has 2 rings (SSSR count). The largest absolute Gasteiger partial charge is 0.346 e. The molecule has 3 N–H and O–H groups in total. The number of nitrogens with two attached hydrogens (primary N) is 1. The van der Waals surface area contributed by atoms with Gasteiger partial charge in [0.2, 0.25) is 11.8 Å². The molecule has 1 atom stereocenters. The van der Waals surface area contributed by atoms with Gasteiger partial charge in [-0.2, -0.15) is 0 Å². The van der Waals surface area contributed by atoms with Gasteiger partial charge >= 0.3 is 0 Å². The predicted octanol–water partition coefficient (Wildman–Crippen LogP) is 1.66. The molecule has 0 unspecified atom stereocenters. The zero-order valence-corrected chi connectivity index (χ0v) is 14.2. The molecule has 0 aromatic carbocycles. The quantitative estimate of drug-likeness (QED) is 0.783. The van der Waals surface area contributed by atoms with Crippen molar-refractivity contribution in [2.75, 3.05) is 6.54 Å². The van der Waals surface area contributed by atoms with Crippen LogP contribution >= 0.6 is 0 Å². The fourth-order valence-corrected chi connectivity index (χ4v) is 3.25. The average Bonchev–Trinajstić information content (AvgIpc) is 3.30. The van der Waals surface area contributed by atoms with Crippen LogP contribution in [0.25, 0.3) is 0 Å². The van der Waals surface area contributed by atoms with E-state index in [1.807, 2.05) is 13.8 Å². The molecule has 22 heavy (non-hydrogen) atoms. The maximum atomic E-state index is 12.6. The molecule has 0 aromatic heterocycles. The van der Waals surface area contributed by atoms with Crippen LogP contribution in [0.3, 0.4) is 0 Å². The number of hydrogen-bond donors (Lipinski definition) is 2. The molecule has 2 aliphatic rings. The van der Waals surface area contributed by atoms with Crippen molar-refractivity contribution in [3.63, 3.8) is 0 Å². The molecule has 0 radical (unpaired) electrons. The number of nitrogens with one attached hydrogen (secondary N) is 1. The lowest BCUT2D eigenvalue weighted by Gasteiger charge is -2.36. The van der Waals surface area contributed by atoms with Crippen LogP contribution in [-0.2, 0) is 9.59 Å². The van der Waals surface area contributed by atoms with Crippen molar-refractivity contribution in [2.24, 2.45) is 17.6 Å². The van der Waals surface area contributed by atoms with Crippen molar-refractivity contribution in [1.29, 1.82) is 0 Å². The van der Waals surface area contributed by atoms with Crippen LogP contribution < -0.4 is 11.1 Å². The van der Waals surface area contributed by atoms with Crippen LogP contribution in [0.15, 0.2) is 0 Å². The highest BCUT2D eigenvalue weighted by Gasteiger charge is 2.38. The van der Waals surface area contributed by atoms with Gasteiger partial charge < -0.3 is 16.0 Å². The average molecular weight is 309 g/mol. The molecule has 2 saturated carbocycles. The van der Waals surface area contributed by atoms with Crippen molar-refractivity contribution in [2.45, 2.75) is 77.4 Å². The van der Waals surface area contributed by atoms with E-state index in [9.17, 15) is 9.59 Å². The Balaban J connectivity index is 1.86. The minimum atomic E-state index is -0.544. The molecular formula is C17H31N3O2. The number of nitrogens with zero attached hydrogens (tertiary/aromatic N) is 1. The Morgan fingerprint density at radius 2 is 1.59 bits per heavy atom. The van der Waals surface area contributed by atoms with E-state index in [2.05, 4.69) is 17.1 Å². The summed E-state index contributed by atoms with van der Waals surface area (Å²) in [4.78, 5) is 26.5. The molecular weight excluding hydrogens is 278 g/mol. The Morgan fingerprint density at radius 1 is 1.09 bits per heavy atom. The fourth-order valence-electron chi connectivity index (χ4n) is 3.25. The third-order valence-electron chi connectivity index (χ3n) is 5.04. The van der Waals surface area contributed by atoms with Gasteiger partial charge in [-0.3, -0.25) is 9.59 Å². The SMILES string of the molecule is CC1CCC(N(C(=O)CNC(=O)[C@@H](N)C(C)C)C2CC2)CC1. The van der Waals surface area contributed by atoms with E-state index in [-0.39, 0.29) is 24.3 Å². The summed E-state index contributed by atoms with van der Waals surface area (Å²) in [5.74, 6) is 0.688. The summed E-state index contributed by atoms with van der Waals surface area (Å²) in [5, 5.41) is 2.72. The van der Waals surface area contributed by atoms with Crippen molar-refractivity contribution in [3.05, 3.63) is 0 Å². The van der Waals surface area contributed by atoms with E-state index in [1.165, 1.54) is 12.8 Å². The second-order valence-corrected chi connectivity index (χ2v) is 7.43. The highest BCUT2D eigenvalue weighted by atomic mass is 16.2. The summed E-state index contributed by atoms with van der Waals surface area (Å²) in [7, 11) is 0. The molecule has 5 heteroatoms. The molecule has 0 aliphatic heterocycles. The van der Waals surface area contributed by atoms with Gasteiger partial charge in [0.1, 0.15) is 0 Å². The van der Waals surface area contributed by atoms with Crippen LogP contribution in [0.1, 0.15) is 59.3 Å². The molecule has 0 aromatic rings. The van der Waals surface area contributed by atoms with E-state index in [0.717, 1.165) is 31.6 Å². The maximum absolute atomic E-state index is 12.6. The summed E-state index contributed by atoms with van der Waals surface area (Å²) < 4.78 is 0. The van der Waals surface area contributed by atoms with E-state index in [0.29, 0.717) is 12.1 Å². The van der Waals surface area contributed by atoms with Gasteiger partial charge in [-0.25, -0.2) is 0 Å². The highest BCUT2D eigenvalue weighted by molar-refractivity contribution is 5.87. The third kappa shape index (κ3) is 4.45. The second-order valence-electron chi connectivity index (χ2n) is 7.43. The van der Waals surface area contributed by atoms with Crippen LogP contribution in [0.5, 0.6) is 0 Å². The van der Waals surface area contributed by atoms with Crippen molar-refractivity contribution in [3.8, 4) is 0 Å². The van der Waals surface area contributed by atoms with Gasteiger partial charge in [0.25, 0.3) is 0 Å². The molecule has 5 nitrogen and oxygen atoms in total. The second kappa shape index (κ2) is 7.44. The molecule has 0 spiro atoms. The Hall–Kier alpha value is -1.10. The molecule has 2 fully saturated rings. The molecule has 2 amide bonds. The lowest BCUT2D eigenvalue weighted by atomic mass is 9.86. The molecule has 126 valence electrons. The summed E-state index contributed by atoms with van der Waals surface area (Å²) in [6, 6.07) is 0.228.